The third kappa shape index (κ3) is 5.68. The van der Waals surface area contributed by atoms with E-state index >= 15 is 0 Å². The third-order valence-corrected chi connectivity index (χ3v) is 7.91. The van der Waals surface area contributed by atoms with Gasteiger partial charge in [0.1, 0.15) is 23.9 Å². The average molecular weight is 538 g/mol. The lowest BCUT2D eigenvalue weighted by Crippen LogP contribution is -2.22. The Hall–Kier alpha value is -3.89. The van der Waals surface area contributed by atoms with Gasteiger partial charge in [-0.05, 0) is 82.5 Å². The van der Waals surface area contributed by atoms with Gasteiger partial charge < -0.3 is 19.4 Å². The monoisotopic (exact) mass is 537 g/mol. The summed E-state index contributed by atoms with van der Waals surface area (Å²) in [6.45, 7) is 18.2. The second kappa shape index (κ2) is 11.3. The highest BCUT2D eigenvalue weighted by Gasteiger charge is 2.32. The number of hydrogen-bond donors (Lipinski definition) is 1. The van der Waals surface area contributed by atoms with Crippen LogP contribution in [-0.4, -0.2) is 16.6 Å². The molecular formula is C36H41O4+. The van der Waals surface area contributed by atoms with Crippen LogP contribution in [0.2, 0.25) is 0 Å². The minimum Gasteiger partial charge on any atom is -0.578 e. The normalized spacial score (nSPS) is 12.4. The first-order valence-electron chi connectivity index (χ1n) is 13.7. The van der Waals surface area contributed by atoms with Gasteiger partial charge in [-0.25, -0.2) is 0 Å². The van der Waals surface area contributed by atoms with Crippen LogP contribution in [0.5, 0.6) is 17.2 Å². The zero-order chi connectivity index (χ0) is 29.2. The van der Waals surface area contributed by atoms with E-state index in [1.807, 2.05) is 18.9 Å². The highest BCUT2D eigenvalue weighted by atomic mass is 16.5. The molecule has 0 atom stereocenters. The number of carbonyl (C=O) groups is 1. The van der Waals surface area contributed by atoms with Gasteiger partial charge in [0.05, 0.1) is 12.2 Å². The minimum atomic E-state index is -0.215. The van der Waals surface area contributed by atoms with E-state index in [-0.39, 0.29) is 17.4 Å². The number of aliphatic hydroxyl groups excluding tert-OH is 1. The van der Waals surface area contributed by atoms with Gasteiger partial charge >= 0.3 is 0 Å². The van der Waals surface area contributed by atoms with Gasteiger partial charge in [-0.1, -0.05) is 83.1 Å². The SMILES string of the molecule is C=O.Cc1cc(C(C)(C)c2cc(CO)c3c(c2)C[OH+]3)cc(C)c1Oc1ccc(-c2ccc(C(C)(C)C)cc2)cc1. The lowest BCUT2D eigenvalue weighted by Gasteiger charge is -2.30. The van der Waals surface area contributed by atoms with E-state index in [4.69, 9.17) is 9.53 Å². The molecule has 0 radical (unpaired) electrons. The van der Waals surface area contributed by atoms with E-state index in [1.54, 1.807) is 0 Å². The molecule has 5 rings (SSSR count). The number of hydrogen-bond acceptors (Lipinski definition) is 3. The molecule has 0 aromatic heterocycles. The van der Waals surface area contributed by atoms with Crippen molar-refractivity contribution in [3.63, 3.8) is 0 Å². The van der Waals surface area contributed by atoms with E-state index < -0.39 is 0 Å². The van der Waals surface area contributed by atoms with Crippen LogP contribution < -0.4 is 4.74 Å². The van der Waals surface area contributed by atoms with Crippen molar-refractivity contribution in [1.29, 1.82) is 0 Å². The van der Waals surface area contributed by atoms with Gasteiger partial charge in [-0.2, -0.15) is 0 Å². The molecule has 0 saturated heterocycles. The molecule has 0 fully saturated rings. The summed E-state index contributed by atoms with van der Waals surface area (Å²) >= 11 is 0. The molecule has 0 bridgehead atoms. The molecule has 0 unspecified atom stereocenters. The quantitative estimate of drug-likeness (QED) is 0.251. The van der Waals surface area contributed by atoms with Crippen LogP contribution in [0.25, 0.3) is 11.1 Å². The summed E-state index contributed by atoms with van der Waals surface area (Å²) in [6, 6.07) is 26.0. The van der Waals surface area contributed by atoms with Crippen molar-refractivity contribution in [2.24, 2.45) is 0 Å². The number of aliphatic hydroxyl groups is 2. The van der Waals surface area contributed by atoms with Gasteiger partial charge in [-0.15, -0.1) is 0 Å². The largest absolute Gasteiger partial charge is 0.578 e. The lowest BCUT2D eigenvalue weighted by molar-refractivity contribution is -0.0980. The predicted octanol–water partition coefficient (Wildman–Crippen LogP) is 8.45. The Kier molecular flexibility index (Phi) is 8.23. The van der Waals surface area contributed by atoms with Crippen LogP contribution in [0.1, 0.15) is 73.6 Å². The third-order valence-electron chi connectivity index (χ3n) is 7.91. The van der Waals surface area contributed by atoms with Gasteiger partial charge in [0.25, 0.3) is 5.75 Å². The molecule has 0 amide bonds. The highest BCUT2D eigenvalue weighted by Crippen LogP contribution is 2.42. The summed E-state index contributed by atoms with van der Waals surface area (Å²) in [5.41, 5.74) is 10.4. The fraction of sp³-hybridized carbons (Fsp3) is 0.306. The molecule has 0 spiro atoms. The molecule has 4 heteroatoms. The summed E-state index contributed by atoms with van der Waals surface area (Å²) < 4.78 is 10.8. The van der Waals surface area contributed by atoms with Gasteiger partial charge in [0.15, 0.2) is 0 Å². The lowest BCUT2D eigenvalue weighted by atomic mass is 9.75. The second-order valence-electron chi connectivity index (χ2n) is 12.1. The minimum absolute atomic E-state index is 0.0155. The van der Waals surface area contributed by atoms with Gasteiger partial charge in [0.2, 0.25) is 6.61 Å². The average Bonchev–Trinajstić information content (AvgIpc) is 2.92. The van der Waals surface area contributed by atoms with Crippen LogP contribution in [0.4, 0.5) is 0 Å². The van der Waals surface area contributed by atoms with Crippen LogP contribution >= 0.6 is 0 Å². The zero-order valence-corrected chi connectivity index (χ0v) is 24.8. The maximum atomic E-state index is 9.85. The molecule has 208 valence electrons. The van der Waals surface area contributed by atoms with Crippen molar-refractivity contribution in [3.8, 4) is 28.4 Å². The van der Waals surface area contributed by atoms with Crippen molar-refractivity contribution >= 4 is 6.79 Å². The van der Waals surface area contributed by atoms with Gasteiger partial charge in [-0.3, -0.25) is 0 Å². The molecular weight excluding hydrogens is 496 g/mol. The predicted molar refractivity (Wildman–Crippen MR) is 164 cm³/mol. The Bertz CT molecular complexity index is 1470. The van der Waals surface area contributed by atoms with Crippen molar-refractivity contribution < 1.29 is 19.4 Å². The van der Waals surface area contributed by atoms with Crippen molar-refractivity contribution in [1.82, 2.24) is 0 Å². The molecule has 4 nitrogen and oxygen atoms in total. The molecule has 1 aliphatic heterocycles. The molecule has 40 heavy (non-hydrogen) atoms. The summed E-state index contributed by atoms with van der Waals surface area (Å²) in [4.78, 5) is 8.00. The van der Waals surface area contributed by atoms with Gasteiger partial charge in [0, 0.05) is 5.41 Å². The number of carbonyl (C=O) groups excluding carboxylic acids is 1. The van der Waals surface area contributed by atoms with E-state index in [2.05, 4.69) is 114 Å². The Morgan fingerprint density at radius 1 is 0.775 bits per heavy atom. The van der Waals surface area contributed by atoms with Crippen LogP contribution in [0.15, 0.2) is 72.8 Å². The Balaban J connectivity index is 0.00000181. The first-order chi connectivity index (χ1) is 19.0. The fourth-order valence-electron chi connectivity index (χ4n) is 5.27. The van der Waals surface area contributed by atoms with Crippen molar-refractivity contribution in [2.45, 2.75) is 72.5 Å². The molecule has 4 aromatic rings. The number of benzene rings is 4. The van der Waals surface area contributed by atoms with E-state index in [1.165, 1.54) is 33.4 Å². The first kappa shape index (κ1) is 29.1. The molecule has 0 saturated carbocycles. The molecule has 2 N–H and O–H groups in total. The molecule has 0 aliphatic carbocycles. The van der Waals surface area contributed by atoms with E-state index in [0.717, 1.165) is 40.5 Å². The maximum Gasteiger partial charge on any atom is 0.272 e. The molecule has 1 aliphatic rings. The summed E-state index contributed by atoms with van der Waals surface area (Å²) in [5, 5.41) is 9.85. The number of ether oxygens (including phenoxy) is 2. The van der Waals surface area contributed by atoms with Crippen LogP contribution in [-0.2, 0) is 28.8 Å². The summed E-state index contributed by atoms with van der Waals surface area (Å²) in [7, 11) is 0. The highest BCUT2D eigenvalue weighted by molar-refractivity contribution is 5.65. The molecule has 4 aromatic carbocycles. The topological polar surface area (TPSA) is 59.3 Å². The number of fused-ring (bicyclic) bond motifs is 1. The van der Waals surface area contributed by atoms with Crippen molar-refractivity contribution in [2.75, 3.05) is 0 Å². The number of aromatic hydroxyl groups is 1. The first-order valence-corrected chi connectivity index (χ1v) is 13.7. The van der Waals surface area contributed by atoms with E-state index in [9.17, 15) is 5.11 Å². The maximum absolute atomic E-state index is 9.85. The Morgan fingerprint density at radius 2 is 1.30 bits per heavy atom. The standard InChI is InChI=1S/C35H38O3.CH2O/c1-22-16-29(35(6,7)30-18-26(20-36)33-27(19-30)21-37-33)17-23(2)32(22)38-31-14-10-25(11-15-31)24-8-12-28(13-9-24)34(3,4)5;1-2/h8-19,36H,20-21H2,1-7H3;1H2/p+1. The summed E-state index contributed by atoms with van der Waals surface area (Å²) in [6.07, 6.45) is 0. The number of rotatable bonds is 6. The smallest absolute Gasteiger partial charge is 0.272 e. The Labute approximate surface area is 238 Å². The van der Waals surface area contributed by atoms with Crippen LogP contribution in [0, 0.1) is 13.8 Å². The Morgan fingerprint density at radius 3 is 1.77 bits per heavy atom. The van der Waals surface area contributed by atoms with Crippen molar-refractivity contribution in [3.05, 3.63) is 112 Å². The molecule has 1 heterocycles. The summed E-state index contributed by atoms with van der Waals surface area (Å²) in [5.74, 6) is 2.70. The van der Waals surface area contributed by atoms with Crippen LogP contribution in [0.3, 0.4) is 0 Å². The zero-order valence-electron chi connectivity index (χ0n) is 24.8. The fourth-order valence-corrected chi connectivity index (χ4v) is 5.27. The second-order valence-corrected chi connectivity index (χ2v) is 12.1. The van der Waals surface area contributed by atoms with E-state index in [0.29, 0.717) is 0 Å². The number of aryl methyl sites for hydroxylation is 2.